The van der Waals surface area contributed by atoms with Crippen LogP contribution in [0.1, 0.15) is 55.5 Å². The van der Waals surface area contributed by atoms with Crippen LogP contribution in [0.5, 0.6) is 0 Å². The number of nitrogens with one attached hydrogen (secondary N) is 1. The first-order valence-electron chi connectivity index (χ1n) is 11.0. The molecule has 8 nitrogen and oxygen atoms in total. The lowest BCUT2D eigenvalue weighted by molar-refractivity contribution is -0.148. The molecule has 0 unspecified atom stereocenters. The van der Waals surface area contributed by atoms with Gasteiger partial charge in [0.1, 0.15) is 0 Å². The smallest absolute Gasteiger partial charge is 0.337 e. The normalized spacial score (nSPS) is 16.5. The fraction of sp³-hybridized carbons (Fsp3) is 0.417. The topological polar surface area (TPSA) is 113 Å². The van der Waals surface area contributed by atoms with E-state index in [9.17, 15) is 23.1 Å². The fourth-order valence-electron chi connectivity index (χ4n) is 3.89. The van der Waals surface area contributed by atoms with E-state index in [0.717, 1.165) is 12.0 Å². The van der Waals surface area contributed by atoms with Crippen molar-refractivity contribution in [3.63, 3.8) is 0 Å². The molecule has 3 rings (SSSR count). The predicted molar refractivity (Wildman–Crippen MR) is 126 cm³/mol. The lowest BCUT2D eigenvalue weighted by Crippen LogP contribution is -2.39. The summed E-state index contributed by atoms with van der Waals surface area (Å²) in [5, 5.41) is 9.74. The highest BCUT2D eigenvalue weighted by molar-refractivity contribution is 7.92. The Bertz CT molecular complexity index is 1110. The highest BCUT2D eigenvalue weighted by Gasteiger charge is 2.28. The minimum atomic E-state index is -3.96. The predicted octanol–water partition coefficient (Wildman–Crippen LogP) is 4.09. The maximum absolute atomic E-state index is 12.9. The van der Waals surface area contributed by atoms with Crippen LogP contribution in [0, 0.1) is 5.92 Å². The Balaban J connectivity index is 1.84. The average molecular weight is 475 g/mol. The highest BCUT2D eigenvalue weighted by atomic mass is 32.2. The molecule has 178 valence electrons. The van der Waals surface area contributed by atoms with Crippen LogP contribution in [0.15, 0.2) is 47.4 Å². The molecule has 1 saturated heterocycles. The van der Waals surface area contributed by atoms with Gasteiger partial charge < -0.3 is 14.7 Å². The van der Waals surface area contributed by atoms with Crippen molar-refractivity contribution in [3.8, 4) is 0 Å². The van der Waals surface area contributed by atoms with E-state index in [1.807, 2.05) is 18.7 Å². The minimum Gasteiger partial charge on any atom is -0.478 e. The van der Waals surface area contributed by atoms with Crippen molar-refractivity contribution in [2.24, 2.45) is 5.92 Å². The minimum absolute atomic E-state index is 0.0156. The van der Waals surface area contributed by atoms with Crippen molar-refractivity contribution in [2.75, 3.05) is 29.3 Å². The van der Waals surface area contributed by atoms with Crippen LogP contribution in [0.25, 0.3) is 0 Å². The number of anilines is 2. The largest absolute Gasteiger partial charge is 0.478 e. The van der Waals surface area contributed by atoms with E-state index in [4.69, 9.17) is 4.74 Å². The van der Waals surface area contributed by atoms with Gasteiger partial charge in [0.25, 0.3) is 10.0 Å². The summed E-state index contributed by atoms with van der Waals surface area (Å²) in [5.74, 6) is -1.52. The van der Waals surface area contributed by atoms with Crippen LogP contribution in [-0.2, 0) is 19.6 Å². The lowest BCUT2D eigenvalue weighted by Gasteiger charge is -2.33. The zero-order valence-corrected chi connectivity index (χ0v) is 19.9. The molecule has 33 heavy (non-hydrogen) atoms. The van der Waals surface area contributed by atoms with Gasteiger partial charge in [0, 0.05) is 18.8 Å². The fourth-order valence-corrected chi connectivity index (χ4v) is 4.97. The Morgan fingerprint density at radius 3 is 2.48 bits per heavy atom. The molecular weight excluding hydrogens is 444 g/mol. The van der Waals surface area contributed by atoms with Gasteiger partial charge in [-0.25, -0.2) is 13.2 Å². The quantitative estimate of drug-likeness (QED) is 0.554. The Morgan fingerprint density at radius 1 is 1.18 bits per heavy atom. The number of rotatable bonds is 8. The zero-order chi connectivity index (χ0) is 24.2. The lowest BCUT2D eigenvalue weighted by atomic mass is 9.97. The molecule has 0 bridgehead atoms. The van der Waals surface area contributed by atoms with Crippen molar-refractivity contribution in [1.29, 1.82) is 0 Å². The molecule has 1 atom stereocenters. The number of carbonyl (C=O) groups excluding carboxylic acids is 1. The Morgan fingerprint density at radius 2 is 1.88 bits per heavy atom. The van der Waals surface area contributed by atoms with Crippen LogP contribution in [0.3, 0.4) is 0 Å². The number of carboxylic acids is 1. The van der Waals surface area contributed by atoms with Gasteiger partial charge in [-0.3, -0.25) is 9.52 Å². The molecule has 9 heteroatoms. The number of ether oxygens (including phenoxy) is 1. The summed E-state index contributed by atoms with van der Waals surface area (Å²) in [4.78, 5) is 26.1. The Hall–Kier alpha value is -3.07. The van der Waals surface area contributed by atoms with Gasteiger partial charge in [-0.2, -0.15) is 0 Å². The zero-order valence-electron chi connectivity index (χ0n) is 19.1. The van der Waals surface area contributed by atoms with E-state index in [0.29, 0.717) is 31.8 Å². The monoisotopic (exact) mass is 474 g/mol. The number of hydrogen-bond donors (Lipinski definition) is 2. The second kappa shape index (κ2) is 10.2. The Kier molecular flexibility index (Phi) is 7.63. The van der Waals surface area contributed by atoms with Gasteiger partial charge in [0.2, 0.25) is 0 Å². The summed E-state index contributed by atoms with van der Waals surface area (Å²) in [7, 11) is -3.96. The molecule has 0 aliphatic carbocycles. The molecule has 0 saturated carbocycles. The summed E-state index contributed by atoms with van der Waals surface area (Å²) in [6.07, 6.45) is 1.49. The summed E-state index contributed by atoms with van der Waals surface area (Å²) >= 11 is 0. The molecular formula is C24H30N2O6S. The number of hydrogen-bond acceptors (Lipinski definition) is 6. The van der Waals surface area contributed by atoms with Gasteiger partial charge in [0.05, 0.1) is 28.7 Å². The van der Waals surface area contributed by atoms with E-state index in [1.54, 1.807) is 25.1 Å². The second-order valence-corrected chi connectivity index (χ2v) is 10.1. The van der Waals surface area contributed by atoms with E-state index >= 15 is 0 Å². The molecule has 1 heterocycles. The van der Waals surface area contributed by atoms with Crippen molar-refractivity contribution >= 4 is 33.3 Å². The third kappa shape index (κ3) is 5.84. The van der Waals surface area contributed by atoms with Crippen molar-refractivity contribution in [3.05, 3.63) is 53.6 Å². The van der Waals surface area contributed by atoms with E-state index in [2.05, 4.69) is 4.72 Å². The molecule has 2 aromatic rings. The van der Waals surface area contributed by atoms with E-state index < -0.39 is 16.0 Å². The maximum Gasteiger partial charge on any atom is 0.337 e. The van der Waals surface area contributed by atoms with Crippen LogP contribution in [0.4, 0.5) is 11.4 Å². The standard InChI is InChI=1S/C24H30N2O6S/c1-4-32-24(29)18-6-5-13-26(15-18)19-9-12-22(21(14-19)23(27)28)25-33(30,31)20-10-7-17(8-11-20)16(2)3/h7-12,14,16,18,25H,4-6,13,15H2,1-3H3,(H,27,28)/t18-/m0/s1. The molecule has 0 spiro atoms. The maximum atomic E-state index is 12.9. The molecule has 0 amide bonds. The number of piperidine rings is 1. The Labute approximate surface area is 194 Å². The third-order valence-corrected chi connectivity index (χ3v) is 7.12. The van der Waals surface area contributed by atoms with Crippen LogP contribution in [-0.4, -0.2) is 45.2 Å². The third-order valence-electron chi connectivity index (χ3n) is 5.74. The molecule has 2 aromatic carbocycles. The SMILES string of the molecule is CCOC(=O)[C@H]1CCCN(c2ccc(NS(=O)(=O)c3ccc(C(C)C)cc3)c(C(=O)O)c2)C1. The number of aromatic carboxylic acids is 1. The van der Waals surface area contributed by atoms with Crippen molar-refractivity contribution in [1.82, 2.24) is 0 Å². The van der Waals surface area contributed by atoms with Gasteiger partial charge in [-0.15, -0.1) is 0 Å². The number of nitrogens with zero attached hydrogens (tertiary/aromatic N) is 1. The first kappa shape index (κ1) is 24.6. The molecule has 1 aliphatic heterocycles. The number of sulfonamides is 1. The average Bonchev–Trinajstić information content (AvgIpc) is 2.79. The summed E-state index contributed by atoms with van der Waals surface area (Å²) in [5.41, 5.74) is 1.45. The molecule has 2 N–H and O–H groups in total. The summed E-state index contributed by atoms with van der Waals surface area (Å²) in [6, 6.07) is 11.1. The molecule has 0 radical (unpaired) electrons. The van der Waals surface area contributed by atoms with Gasteiger partial charge >= 0.3 is 11.9 Å². The van der Waals surface area contributed by atoms with Crippen molar-refractivity contribution in [2.45, 2.75) is 44.4 Å². The number of esters is 1. The number of carbonyl (C=O) groups is 2. The van der Waals surface area contributed by atoms with Crippen LogP contribution >= 0.6 is 0 Å². The van der Waals surface area contributed by atoms with Crippen LogP contribution < -0.4 is 9.62 Å². The first-order chi connectivity index (χ1) is 15.6. The van der Waals surface area contributed by atoms with E-state index in [1.165, 1.54) is 24.3 Å². The molecule has 0 aromatic heterocycles. The first-order valence-corrected chi connectivity index (χ1v) is 12.5. The van der Waals surface area contributed by atoms with Gasteiger partial charge in [-0.05, 0) is 61.6 Å². The number of carboxylic acid groups (broad SMARTS) is 1. The number of benzene rings is 2. The van der Waals surface area contributed by atoms with E-state index in [-0.39, 0.29) is 34.0 Å². The molecule has 1 fully saturated rings. The van der Waals surface area contributed by atoms with Gasteiger partial charge in [-0.1, -0.05) is 26.0 Å². The van der Waals surface area contributed by atoms with Crippen LogP contribution in [0.2, 0.25) is 0 Å². The second-order valence-electron chi connectivity index (χ2n) is 8.40. The highest BCUT2D eigenvalue weighted by Crippen LogP contribution is 2.29. The van der Waals surface area contributed by atoms with Crippen molar-refractivity contribution < 1.29 is 27.9 Å². The summed E-state index contributed by atoms with van der Waals surface area (Å²) in [6.45, 7) is 7.19. The molecule has 1 aliphatic rings. The van der Waals surface area contributed by atoms with Gasteiger partial charge in [0.15, 0.2) is 0 Å². The summed E-state index contributed by atoms with van der Waals surface area (Å²) < 4.78 is 33.2.